The molecule has 2 aromatic rings. The Morgan fingerprint density at radius 1 is 1.44 bits per heavy atom. The largest absolute Gasteiger partial charge is 0.465 e. The van der Waals surface area contributed by atoms with Crippen LogP contribution in [0.5, 0.6) is 0 Å². The van der Waals surface area contributed by atoms with Gasteiger partial charge in [0, 0.05) is 21.8 Å². The summed E-state index contributed by atoms with van der Waals surface area (Å²) in [6, 6.07) is 6.27. The van der Waals surface area contributed by atoms with E-state index < -0.39 is 23.0 Å². The molecule has 1 amide bonds. The fraction of sp³-hybridized carbons (Fsp3) is 0.389. The summed E-state index contributed by atoms with van der Waals surface area (Å²) in [5.74, 6) is -0.540. The fourth-order valence-electron chi connectivity index (χ4n) is 3.35. The number of rotatable bonds is 4. The van der Waals surface area contributed by atoms with Crippen LogP contribution in [0.2, 0.25) is 5.15 Å². The first-order valence-corrected chi connectivity index (χ1v) is 9.19. The third kappa shape index (κ3) is 4.25. The summed E-state index contributed by atoms with van der Waals surface area (Å²) in [6.45, 7) is 6.74. The number of carboxylic acid groups (broad SMARTS) is 1. The zero-order valence-corrected chi connectivity index (χ0v) is 17.6. The van der Waals surface area contributed by atoms with Crippen LogP contribution in [0.1, 0.15) is 39.1 Å². The van der Waals surface area contributed by atoms with E-state index in [4.69, 9.17) is 11.6 Å². The molecular formula is C18H19BrClFN4O2. The van der Waals surface area contributed by atoms with Crippen LogP contribution in [0.15, 0.2) is 28.9 Å². The zero-order chi connectivity index (χ0) is 20.6. The number of nitrogens with zero attached hydrogens (tertiary/aromatic N) is 4. The molecule has 1 unspecified atom stereocenters. The lowest BCUT2D eigenvalue weighted by Gasteiger charge is -2.47. The third-order valence-electron chi connectivity index (χ3n) is 4.19. The minimum Gasteiger partial charge on any atom is -0.465 e. The van der Waals surface area contributed by atoms with Crippen LogP contribution in [0.25, 0.3) is 0 Å². The number of nitriles is 1. The summed E-state index contributed by atoms with van der Waals surface area (Å²) in [4.78, 5) is 17.3. The van der Waals surface area contributed by atoms with Crippen molar-refractivity contribution >= 4 is 33.6 Å². The van der Waals surface area contributed by atoms with Crippen molar-refractivity contribution in [3.05, 3.63) is 51.2 Å². The summed E-state index contributed by atoms with van der Waals surface area (Å²) >= 11 is 9.23. The molecule has 9 heteroatoms. The maximum Gasteiger partial charge on any atom is 0.408 e. The smallest absolute Gasteiger partial charge is 0.408 e. The Hall–Kier alpha value is -2.11. The Bertz CT molecular complexity index is 919. The lowest BCUT2D eigenvalue weighted by molar-refractivity contribution is 0.0108. The SMILES string of the molecule is CC(C)(C)N(C(=O)O)C(C)(Cn1cc(Cl)nc1C#N)c1cc(Br)ccc1F. The van der Waals surface area contributed by atoms with Crippen molar-refractivity contribution < 1.29 is 14.3 Å². The average molecular weight is 458 g/mol. The highest BCUT2D eigenvalue weighted by Gasteiger charge is 2.45. The topological polar surface area (TPSA) is 82.2 Å². The lowest BCUT2D eigenvalue weighted by Crippen LogP contribution is -2.58. The normalized spacial score (nSPS) is 13.7. The molecule has 6 nitrogen and oxygen atoms in total. The van der Waals surface area contributed by atoms with Gasteiger partial charge in [0.1, 0.15) is 17.0 Å². The highest BCUT2D eigenvalue weighted by atomic mass is 79.9. The van der Waals surface area contributed by atoms with Gasteiger partial charge < -0.3 is 9.67 Å². The molecule has 0 radical (unpaired) electrons. The highest BCUT2D eigenvalue weighted by molar-refractivity contribution is 9.10. The van der Waals surface area contributed by atoms with E-state index in [1.165, 1.54) is 27.8 Å². The van der Waals surface area contributed by atoms with E-state index in [0.29, 0.717) is 4.47 Å². The van der Waals surface area contributed by atoms with Gasteiger partial charge in [0.15, 0.2) is 0 Å². The molecule has 0 spiro atoms. The molecule has 1 aromatic heterocycles. The second kappa shape index (κ2) is 7.49. The van der Waals surface area contributed by atoms with Gasteiger partial charge in [-0.15, -0.1) is 0 Å². The maximum absolute atomic E-state index is 14.8. The number of hydrogen-bond acceptors (Lipinski definition) is 3. The standard InChI is InChI=1S/C18H19BrClFN4O2/c1-17(2,3)25(16(26)27)18(4,12-7-11(19)5-6-13(12)21)10-24-9-14(20)23-15(24)8-22/h5-7,9H,10H2,1-4H3,(H,26,27). The van der Waals surface area contributed by atoms with Gasteiger partial charge in [0.2, 0.25) is 5.82 Å². The van der Waals surface area contributed by atoms with Crippen molar-refractivity contribution in [2.24, 2.45) is 0 Å². The van der Waals surface area contributed by atoms with E-state index >= 15 is 0 Å². The van der Waals surface area contributed by atoms with Gasteiger partial charge in [-0.2, -0.15) is 5.26 Å². The molecular weight excluding hydrogens is 439 g/mol. The first-order chi connectivity index (χ1) is 12.4. The van der Waals surface area contributed by atoms with Crippen molar-refractivity contribution in [1.29, 1.82) is 5.26 Å². The molecule has 1 N–H and O–H groups in total. The van der Waals surface area contributed by atoms with Gasteiger partial charge in [0.05, 0.1) is 12.1 Å². The Labute approximate surface area is 170 Å². The molecule has 144 valence electrons. The summed E-state index contributed by atoms with van der Waals surface area (Å²) in [6.07, 6.45) is 0.214. The quantitative estimate of drug-likeness (QED) is 0.700. The maximum atomic E-state index is 14.8. The van der Waals surface area contributed by atoms with Crippen molar-refractivity contribution in [2.45, 2.75) is 45.3 Å². The number of halogens is 3. The Kier molecular flexibility index (Phi) is 5.88. The number of amides is 1. The van der Waals surface area contributed by atoms with E-state index in [0.717, 1.165) is 0 Å². The molecule has 2 rings (SSSR count). The molecule has 0 fully saturated rings. The molecule has 27 heavy (non-hydrogen) atoms. The molecule has 1 aromatic carbocycles. The molecule has 1 atom stereocenters. The summed E-state index contributed by atoms with van der Waals surface area (Å²) < 4.78 is 16.9. The van der Waals surface area contributed by atoms with Crippen molar-refractivity contribution in [2.75, 3.05) is 0 Å². The summed E-state index contributed by atoms with van der Waals surface area (Å²) in [7, 11) is 0. The average Bonchev–Trinajstić information content (AvgIpc) is 2.87. The lowest BCUT2D eigenvalue weighted by atomic mass is 9.85. The van der Waals surface area contributed by atoms with Crippen LogP contribution in [0.4, 0.5) is 9.18 Å². The zero-order valence-electron chi connectivity index (χ0n) is 15.3. The molecule has 0 saturated heterocycles. The first-order valence-electron chi connectivity index (χ1n) is 8.01. The van der Waals surface area contributed by atoms with Gasteiger partial charge in [-0.25, -0.2) is 14.2 Å². The van der Waals surface area contributed by atoms with Crippen LogP contribution < -0.4 is 0 Å². The van der Waals surface area contributed by atoms with E-state index in [-0.39, 0.29) is 23.1 Å². The molecule has 0 bridgehead atoms. The predicted molar refractivity (Wildman–Crippen MR) is 103 cm³/mol. The van der Waals surface area contributed by atoms with Crippen LogP contribution in [-0.2, 0) is 12.1 Å². The van der Waals surface area contributed by atoms with Gasteiger partial charge in [-0.3, -0.25) is 4.90 Å². The van der Waals surface area contributed by atoms with Gasteiger partial charge >= 0.3 is 6.09 Å². The van der Waals surface area contributed by atoms with Crippen LogP contribution in [0, 0.1) is 17.1 Å². The van der Waals surface area contributed by atoms with E-state index in [1.807, 2.05) is 6.07 Å². The van der Waals surface area contributed by atoms with Gasteiger partial charge in [-0.1, -0.05) is 27.5 Å². The Morgan fingerprint density at radius 2 is 2.07 bits per heavy atom. The molecule has 0 aliphatic rings. The van der Waals surface area contributed by atoms with Crippen molar-refractivity contribution in [3.8, 4) is 6.07 Å². The number of aromatic nitrogens is 2. The molecule has 1 heterocycles. The van der Waals surface area contributed by atoms with Gasteiger partial charge in [0.25, 0.3) is 0 Å². The number of imidazole rings is 1. The molecule has 0 saturated carbocycles. The van der Waals surface area contributed by atoms with Crippen molar-refractivity contribution in [3.63, 3.8) is 0 Å². The van der Waals surface area contributed by atoms with E-state index in [9.17, 15) is 19.6 Å². The summed E-state index contributed by atoms with van der Waals surface area (Å²) in [5.41, 5.74) is -2.04. The monoisotopic (exact) mass is 456 g/mol. The minimum absolute atomic E-state index is 0.0147. The molecule has 0 aliphatic carbocycles. The number of benzene rings is 1. The number of carbonyl (C=O) groups is 1. The van der Waals surface area contributed by atoms with E-state index in [1.54, 1.807) is 33.8 Å². The summed E-state index contributed by atoms with van der Waals surface area (Å²) in [5, 5.41) is 19.4. The van der Waals surface area contributed by atoms with E-state index in [2.05, 4.69) is 20.9 Å². The Morgan fingerprint density at radius 3 is 2.59 bits per heavy atom. The fourth-order valence-corrected chi connectivity index (χ4v) is 3.91. The Balaban J connectivity index is 2.76. The molecule has 0 aliphatic heterocycles. The van der Waals surface area contributed by atoms with Crippen LogP contribution in [0.3, 0.4) is 0 Å². The first kappa shape index (κ1) is 21.2. The minimum atomic E-state index is -1.35. The highest BCUT2D eigenvalue weighted by Crippen LogP contribution is 2.38. The van der Waals surface area contributed by atoms with Crippen LogP contribution in [-0.4, -0.2) is 31.2 Å². The predicted octanol–water partition coefficient (Wildman–Crippen LogP) is 5.00. The second-order valence-corrected chi connectivity index (χ2v) is 8.62. The number of hydrogen-bond donors (Lipinski definition) is 1. The van der Waals surface area contributed by atoms with Crippen LogP contribution >= 0.6 is 27.5 Å². The van der Waals surface area contributed by atoms with Gasteiger partial charge in [-0.05, 0) is 45.9 Å². The second-order valence-electron chi connectivity index (χ2n) is 7.31. The third-order valence-corrected chi connectivity index (χ3v) is 4.86. The van der Waals surface area contributed by atoms with Crippen molar-refractivity contribution in [1.82, 2.24) is 14.5 Å².